The van der Waals surface area contributed by atoms with Crippen LogP contribution in [0.5, 0.6) is 5.75 Å². The normalized spacial score (nSPS) is 19.8. The minimum absolute atomic E-state index is 0.0389. The smallest absolute Gasteiger partial charge is 0.220 e. The fourth-order valence-electron chi connectivity index (χ4n) is 2.31. The van der Waals surface area contributed by atoms with E-state index in [2.05, 4.69) is 5.32 Å². The van der Waals surface area contributed by atoms with Gasteiger partial charge in [0.1, 0.15) is 12.4 Å². The molecular formula is C14H17F2NO4S. The van der Waals surface area contributed by atoms with Crippen LogP contribution in [0.15, 0.2) is 18.2 Å². The number of sulfone groups is 1. The van der Waals surface area contributed by atoms with Crippen molar-refractivity contribution < 1.29 is 26.7 Å². The molecule has 2 rings (SSSR count). The zero-order valence-corrected chi connectivity index (χ0v) is 12.7. The molecule has 1 N–H and O–H groups in total. The van der Waals surface area contributed by atoms with Gasteiger partial charge in [-0.3, -0.25) is 4.79 Å². The van der Waals surface area contributed by atoms with Crippen molar-refractivity contribution in [3.8, 4) is 5.75 Å². The first-order chi connectivity index (χ1) is 10.4. The van der Waals surface area contributed by atoms with E-state index in [1.54, 1.807) is 0 Å². The third-order valence-electron chi connectivity index (χ3n) is 3.38. The molecule has 1 aliphatic heterocycles. The standard InChI is InChI=1S/C14H17F2NO4S/c15-11-1-2-13(12(16)8-11)21-5-4-17-14(18)7-10-3-6-22(19,20)9-10/h1-2,8,10H,3-7,9H2,(H,17,18)/t10-/m0/s1. The number of hydrogen-bond donors (Lipinski definition) is 1. The van der Waals surface area contributed by atoms with E-state index < -0.39 is 21.5 Å². The SMILES string of the molecule is O=C(C[C@@H]1CCS(=O)(=O)C1)NCCOc1ccc(F)cc1F. The van der Waals surface area contributed by atoms with Crippen molar-refractivity contribution in [2.24, 2.45) is 5.92 Å². The number of carbonyl (C=O) groups is 1. The van der Waals surface area contributed by atoms with Crippen molar-refractivity contribution in [2.45, 2.75) is 12.8 Å². The molecular weight excluding hydrogens is 316 g/mol. The summed E-state index contributed by atoms with van der Waals surface area (Å²) >= 11 is 0. The Morgan fingerprint density at radius 2 is 2.14 bits per heavy atom. The number of ether oxygens (including phenoxy) is 1. The van der Waals surface area contributed by atoms with E-state index in [9.17, 15) is 22.0 Å². The van der Waals surface area contributed by atoms with Crippen LogP contribution >= 0.6 is 0 Å². The Labute approximate surface area is 127 Å². The predicted octanol–water partition coefficient (Wildman–Crippen LogP) is 1.28. The maximum Gasteiger partial charge on any atom is 0.220 e. The fraction of sp³-hybridized carbons (Fsp3) is 0.500. The molecule has 1 fully saturated rings. The minimum Gasteiger partial charge on any atom is -0.489 e. The van der Waals surface area contributed by atoms with E-state index in [1.165, 1.54) is 6.07 Å². The highest BCUT2D eigenvalue weighted by atomic mass is 32.2. The Hall–Kier alpha value is -1.70. The summed E-state index contributed by atoms with van der Waals surface area (Å²) in [6.45, 7) is 0.201. The quantitative estimate of drug-likeness (QED) is 0.796. The molecule has 1 heterocycles. The van der Waals surface area contributed by atoms with Crippen LogP contribution in [0.1, 0.15) is 12.8 Å². The first-order valence-electron chi connectivity index (χ1n) is 6.91. The van der Waals surface area contributed by atoms with E-state index in [0.717, 1.165) is 6.07 Å². The number of carbonyl (C=O) groups excluding carboxylic acids is 1. The van der Waals surface area contributed by atoms with E-state index in [0.29, 0.717) is 12.5 Å². The molecule has 1 aromatic carbocycles. The van der Waals surface area contributed by atoms with Gasteiger partial charge in [-0.1, -0.05) is 0 Å². The Morgan fingerprint density at radius 3 is 2.77 bits per heavy atom. The van der Waals surface area contributed by atoms with Crippen LogP contribution in [0.2, 0.25) is 0 Å². The first kappa shape index (κ1) is 16.7. The number of halogens is 2. The monoisotopic (exact) mass is 333 g/mol. The fourth-order valence-corrected chi connectivity index (χ4v) is 4.17. The Kier molecular flexibility index (Phi) is 5.33. The lowest BCUT2D eigenvalue weighted by Gasteiger charge is -2.10. The molecule has 1 atom stereocenters. The van der Waals surface area contributed by atoms with E-state index in [1.807, 2.05) is 0 Å². The topological polar surface area (TPSA) is 72.5 Å². The van der Waals surface area contributed by atoms with E-state index in [4.69, 9.17) is 4.74 Å². The third kappa shape index (κ3) is 4.94. The summed E-state index contributed by atoms with van der Waals surface area (Å²) in [7, 11) is -2.99. The second kappa shape index (κ2) is 7.04. The molecule has 1 aromatic rings. The summed E-state index contributed by atoms with van der Waals surface area (Å²) in [5, 5.41) is 2.58. The molecule has 0 saturated carbocycles. The molecule has 0 spiro atoms. The van der Waals surface area contributed by atoms with Gasteiger partial charge in [-0.05, 0) is 24.5 Å². The zero-order chi connectivity index (χ0) is 16.2. The molecule has 1 amide bonds. The van der Waals surface area contributed by atoms with Crippen LogP contribution in [-0.2, 0) is 14.6 Å². The number of benzene rings is 1. The van der Waals surface area contributed by atoms with Gasteiger partial charge in [0.05, 0.1) is 18.1 Å². The van der Waals surface area contributed by atoms with Crippen LogP contribution in [0.25, 0.3) is 0 Å². The Bertz CT molecular complexity index is 648. The van der Waals surface area contributed by atoms with Crippen molar-refractivity contribution in [1.82, 2.24) is 5.32 Å². The summed E-state index contributed by atoms with van der Waals surface area (Å²) < 4.78 is 53.6. The van der Waals surface area contributed by atoms with Gasteiger partial charge in [0.25, 0.3) is 0 Å². The van der Waals surface area contributed by atoms with Crippen LogP contribution in [0.4, 0.5) is 8.78 Å². The van der Waals surface area contributed by atoms with Crippen molar-refractivity contribution >= 4 is 15.7 Å². The molecule has 122 valence electrons. The first-order valence-corrected chi connectivity index (χ1v) is 8.73. The van der Waals surface area contributed by atoms with Gasteiger partial charge in [-0.15, -0.1) is 0 Å². The molecule has 5 nitrogen and oxygen atoms in total. The second-order valence-electron chi connectivity index (χ2n) is 5.25. The van der Waals surface area contributed by atoms with Crippen molar-refractivity contribution in [3.63, 3.8) is 0 Å². The average molecular weight is 333 g/mol. The lowest BCUT2D eigenvalue weighted by atomic mass is 10.1. The number of nitrogens with one attached hydrogen (secondary N) is 1. The molecule has 0 aromatic heterocycles. The van der Waals surface area contributed by atoms with Crippen LogP contribution in [0, 0.1) is 17.6 Å². The molecule has 8 heteroatoms. The lowest BCUT2D eigenvalue weighted by Crippen LogP contribution is -2.29. The van der Waals surface area contributed by atoms with Gasteiger partial charge in [-0.2, -0.15) is 0 Å². The Morgan fingerprint density at radius 1 is 1.36 bits per heavy atom. The molecule has 0 aliphatic carbocycles. The number of hydrogen-bond acceptors (Lipinski definition) is 4. The lowest BCUT2D eigenvalue weighted by molar-refractivity contribution is -0.121. The maximum atomic E-state index is 13.3. The number of rotatable bonds is 6. The zero-order valence-electron chi connectivity index (χ0n) is 11.8. The second-order valence-corrected chi connectivity index (χ2v) is 7.48. The third-order valence-corrected chi connectivity index (χ3v) is 5.21. The Balaban J connectivity index is 1.67. The highest BCUT2D eigenvalue weighted by Gasteiger charge is 2.29. The van der Waals surface area contributed by atoms with Crippen LogP contribution in [0.3, 0.4) is 0 Å². The van der Waals surface area contributed by atoms with Gasteiger partial charge in [0, 0.05) is 12.5 Å². The van der Waals surface area contributed by atoms with Gasteiger partial charge >= 0.3 is 0 Å². The molecule has 0 unspecified atom stereocenters. The molecule has 1 saturated heterocycles. The largest absolute Gasteiger partial charge is 0.489 e. The molecule has 22 heavy (non-hydrogen) atoms. The van der Waals surface area contributed by atoms with Gasteiger partial charge < -0.3 is 10.1 Å². The van der Waals surface area contributed by atoms with Crippen molar-refractivity contribution in [2.75, 3.05) is 24.7 Å². The summed E-state index contributed by atoms with van der Waals surface area (Å²) in [4.78, 5) is 11.6. The average Bonchev–Trinajstić information content (AvgIpc) is 2.76. The minimum atomic E-state index is -2.99. The van der Waals surface area contributed by atoms with Gasteiger partial charge in [-0.25, -0.2) is 17.2 Å². The van der Waals surface area contributed by atoms with Crippen molar-refractivity contribution in [3.05, 3.63) is 29.8 Å². The molecule has 0 bridgehead atoms. The molecule has 1 aliphatic rings. The van der Waals surface area contributed by atoms with Gasteiger partial charge in [0.2, 0.25) is 5.91 Å². The molecule has 0 radical (unpaired) electrons. The van der Waals surface area contributed by atoms with Crippen LogP contribution < -0.4 is 10.1 Å². The van der Waals surface area contributed by atoms with E-state index >= 15 is 0 Å². The van der Waals surface area contributed by atoms with E-state index in [-0.39, 0.29) is 48.7 Å². The summed E-state index contributed by atoms with van der Waals surface area (Å²) in [5.74, 6) is -1.79. The van der Waals surface area contributed by atoms with Crippen LogP contribution in [-0.4, -0.2) is 39.0 Å². The summed E-state index contributed by atoms with van der Waals surface area (Å²) in [6, 6.07) is 2.97. The highest BCUT2D eigenvalue weighted by Crippen LogP contribution is 2.21. The van der Waals surface area contributed by atoms with Crippen molar-refractivity contribution in [1.29, 1.82) is 0 Å². The maximum absolute atomic E-state index is 13.3. The summed E-state index contributed by atoms with van der Waals surface area (Å²) in [5.41, 5.74) is 0. The predicted molar refractivity (Wildman–Crippen MR) is 76.2 cm³/mol. The van der Waals surface area contributed by atoms with Gasteiger partial charge in [0.15, 0.2) is 21.4 Å². The summed E-state index contributed by atoms with van der Waals surface area (Å²) in [6.07, 6.45) is 0.664. The number of amides is 1. The highest BCUT2D eigenvalue weighted by molar-refractivity contribution is 7.91.